The molecule has 2 aromatic rings. The lowest BCUT2D eigenvalue weighted by Crippen LogP contribution is -2.38. The maximum atomic E-state index is 13.7. The highest BCUT2D eigenvalue weighted by Crippen LogP contribution is 2.06. The van der Waals surface area contributed by atoms with Crippen molar-refractivity contribution in [2.45, 2.75) is 26.3 Å². The van der Waals surface area contributed by atoms with Gasteiger partial charge in [-0.3, -0.25) is 9.79 Å². The van der Waals surface area contributed by atoms with Crippen LogP contribution in [0.15, 0.2) is 59.6 Å². The fourth-order valence-corrected chi connectivity index (χ4v) is 2.76. The Labute approximate surface area is 189 Å². The summed E-state index contributed by atoms with van der Waals surface area (Å²) in [6.07, 6.45) is 0.906. The molecule has 0 fully saturated rings. The van der Waals surface area contributed by atoms with Gasteiger partial charge in [-0.25, -0.2) is 4.39 Å². The Balaban J connectivity index is 0.00000420. The molecular formula is C22H30FIN4O. The van der Waals surface area contributed by atoms with Crippen LogP contribution in [0.5, 0.6) is 0 Å². The van der Waals surface area contributed by atoms with Gasteiger partial charge in [0.15, 0.2) is 5.96 Å². The van der Waals surface area contributed by atoms with Crippen LogP contribution < -0.4 is 10.6 Å². The van der Waals surface area contributed by atoms with E-state index < -0.39 is 0 Å². The number of amides is 1. The number of benzene rings is 2. The molecule has 5 nitrogen and oxygen atoms in total. The van der Waals surface area contributed by atoms with E-state index in [9.17, 15) is 9.18 Å². The van der Waals surface area contributed by atoms with Crippen molar-refractivity contribution in [1.29, 1.82) is 0 Å². The molecule has 0 unspecified atom stereocenters. The molecule has 0 aliphatic rings. The summed E-state index contributed by atoms with van der Waals surface area (Å²) in [6.45, 7) is 4.24. The quantitative estimate of drug-likeness (QED) is 0.307. The minimum Gasteiger partial charge on any atom is -0.357 e. The average Bonchev–Trinajstić information content (AvgIpc) is 2.70. The lowest BCUT2D eigenvalue weighted by Gasteiger charge is -2.17. The van der Waals surface area contributed by atoms with Crippen LogP contribution in [0.25, 0.3) is 0 Å². The third kappa shape index (κ3) is 9.25. The molecule has 2 aromatic carbocycles. The number of hydrogen-bond donors (Lipinski definition) is 2. The number of halogens is 2. The van der Waals surface area contributed by atoms with E-state index in [4.69, 9.17) is 0 Å². The van der Waals surface area contributed by atoms with Crippen LogP contribution in [-0.2, 0) is 17.8 Å². The number of nitrogens with zero attached hydrogens (tertiary/aromatic N) is 2. The number of carbonyl (C=O) groups excluding carboxylic acids is 1. The summed E-state index contributed by atoms with van der Waals surface area (Å²) in [5.74, 6) is 0.491. The van der Waals surface area contributed by atoms with Crippen LogP contribution in [0.3, 0.4) is 0 Å². The van der Waals surface area contributed by atoms with Gasteiger partial charge in [-0.1, -0.05) is 48.5 Å². The summed E-state index contributed by atoms with van der Waals surface area (Å²) in [7, 11) is 1.80. The molecule has 0 heterocycles. The Bertz CT molecular complexity index is 770. The maximum Gasteiger partial charge on any atom is 0.224 e. The molecule has 0 aliphatic carbocycles. The largest absolute Gasteiger partial charge is 0.357 e. The minimum absolute atomic E-state index is 0. The smallest absolute Gasteiger partial charge is 0.224 e. The molecule has 0 bridgehead atoms. The molecule has 29 heavy (non-hydrogen) atoms. The molecule has 0 radical (unpaired) electrons. The summed E-state index contributed by atoms with van der Waals surface area (Å²) in [5, 5.41) is 6.33. The van der Waals surface area contributed by atoms with Gasteiger partial charge >= 0.3 is 0 Å². The normalized spacial score (nSPS) is 10.8. The van der Waals surface area contributed by atoms with Crippen LogP contribution >= 0.6 is 24.0 Å². The van der Waals surface area contributed by atoms with Crippen LogP contribution in [0, 0.1) is 5.82 Å². The Morgan fingerprint density at radius 1 is 1.07 bits per heavy atom. The number of rotatable bonds is 9. The Morgan fingerprint density at radius 3 is 2.45 bits per heavy atom. The van der Waals surface area contributed by atoms with Crippen molar-refractivity contribution in [3.8, 4) is 0 Å². The second kappa shape index (κ2) is 13.9. The fraction of sp³-hybridized carbons (Fsp3) is 0.364. The predicted molar refractivity (Wildman–Crippen MR) is 127 cm³/mol. The molecular weight excluding hydrogens is 482 g/mol. The van der Waals surface area contributed by atoms with Crippen molar-refractivity contribution in [2.24, 2.45) is 4.99 Å². The molecule has 2 rings (SSSR count). The molecule has 158 valence electrons. The van der Waals surface area contributed by atoms with E-state index >= 15 is 0 Å². The Hall–Kier alpha value is -2.16. The highest BCUT2D eigenvalue weighted by atomic mass is 127. The third-order valence-electron chi connectivity index (χ3n) is 4.27. The first-order valence-corrected chi connectivity index (χ1v) is 9.63. The topological polar surface area (TPSA) is 56.7 Å². The number of guanidine groups is 1. The summed E-state index contributed by atoms with van der Waals surface area (Å²) in [5.41, 5.74) is 1.77. The first kappa shape index (κ1) is 24.9. The van der Waals surface area contributed by atoms with Crippen LogP contribution in [0.1, 0.15) is 24.5 Å². The van der Waals surface area contributed by atoms with Crippen LogP contribution in [-0.4, -0.2) is 43.4 Å². The van der Waals surface area contributed by atoms with Crippen molar-refractivity contribution >= 4 is 35.8 Å². The molecule has 0 aliphatic heterocycles. The average molecular weight is 512 g/mol. The van der Waals surface area contributed by atoms with E-state index in [1.165, 1.54) is 6.07 Å². The summed E-state index contributed by atoms with van der Waals surface area (Å²) in [6, 6.07) is 16.7. The Kier molecular flexibility index (Phi) is 11.9. The molecule has 0 aromatic heterocycles. The summed E-state index contributed by atoms with van der Waals surface area (Å²) >= 11 is 0. The van der Waals surface area contributed by atoms with Crippen LogP contribution in [0.4, 0.5) is 4.39 Å². The fourth-order valence-electron chi connectivity index (χ4n) is 2.76. The van der Waals surface area contributed by atoms with Gasteiger partial charge in [-0.05, 0) is 30.5 Å². The second-order valence-electron chi connectivity index (χ2n) is 6.51. The number of hydrogen-bond acceptors (Lipinski definition) is 2. The van der Waals surface area contributed by atoms with E-state index in [-0.39, 0.29) is 35.7 Å². The van der Waals surface area contributed by atoms with Gasteiger partial charge in [0.25, 0.3) is 0 Å². The Morgan fingerprint density at radius 2 is 1.76 bits per heavy atom. The molecule has 0 saturated carbocycles. The lowest BCUT2D eigenvalue weighted by atomic mass is 10.1. The van der Waals surface area contributed by atoms with Gasteiger partial charge in [0, 0.05) is 33.1 Å². The number of carbonyl (C=O) groups is 1. The van der Waals surface area contributed by atoms with Gasteiger partial charge < -0.3 is 15.5 Å². The van der Waals surface area contributed by atoms with Crippen molar-refractivity contribution in [2.75, 3.05) is 26.7 Å². The van der Waals surface area contributed by atoms with Crippen molar-refractivity contribution in [1.82, 2.24) is 15.5 Å². The molecule has 7 heteroatoms. The molecule has 0 spiro atoms. The van der Waals surface area contributed by atoms with E-state index in [0.717, 1.165) is 5.56 Å². The predicted octanol–water partition coefficient (Wildman–Crippen LogP) is 3.59. The summed E-state index contributed by atoms with van der Waals surface area (Å²) < 4.78 is 13.7. The number of aliphatic imine (C=N–C) groups is 1. The van der Waals surface area contributed by atoms with Gasteiger partial charge in [-0.15, -0.1) is 24.0 Å². The van der Waals surface area contributed by atoms with E-state index in [1.807, 2.05) is 43.3 Å². The second-order valence-corrected chi connectivity index (χ2v) is 6.51. The zero-order valence-electron chi connectivity index (χ0n) is 17.0. The lowest BCUT2D eigenvalue weighted by molar-refractivity contribution is -0.130. The van der Waals surface area contributed by atoms with Gasteiger partial charge in [0.2, 0.25) is 5.91 Å². The van der Waals surface area contributed by atoms with E-state index in [2.05, 4.69) is 15.6 Å². The van der Waals surface area contributed by atoms with Crippen molar-refractivity contribution < 1.29 is 9.18 Å². The van der Waals surface area contributed by atoms with E-state index in [1.54, 1.807) is 24.1 Å². The first-order chi connectivity index (χ1) is 13.6. The molecule has 0 saturated heterocycles. The SMILES string of the molecule is CCNC(=NCCC(=O)N(C)Cc1ccccc1)NCCc1ccccc1F.I. The van der Waals surface area contributed by atoms with Gasteiger partial charge in [0.05, 0.1) is 6.54 Å². The maximum absolute atomic E-state index is 13.7. The molecule has 0 atom stereocenters. The monoisotopic (exact) mass is 512 g/mol. The standard InChI is InChI=1S/C22H29FN4O.HI/c1-3-24-22(25-15-13-19-11-7-8-12-20(19)23)26-16-14-21(28)27(2)17-18-9-5-4-6-10-18;/h4-12H,3,13-17H2,1-2H3,(H2,24,25,26);1H. The number of nitrogens with one attached hydrogen (secondary N) is 2. The highest BCUT2D eigenvalue weighted by molar-refractivity contribution is 14.0. The van der Waals surface area contributed by atoms with Gasteiger partial charge in [-0.2, -0.15) is 0 Å². The van der Waals surface area contributed by atoms with Crippen molar-refractivity contribution in [3.05, 3.63) is 71.5 Å². The zero-order valence-corrected chi connectivity index (χ0v) is 19.4. The zero-order chi connectivity index (χ0) is 20.2. The molecule has 1 amide bonds. The van der Waals surface area contributed by atoms with Gasteiger partial charge in [0.1, 0.15) is 5.82 Å². The molecule has 2 N–H and O–H groups in total. The highest BCUT2D eigenvalue weighted by Gasteiger charge is 2.09. The minimum atomic E-state index is -0.196. The third-order valence-corrected chi connectivity index (χ3v) is 4.27. The van der Waals surface area contributed by atoms with E-state index in [0.29, 0.717) is 50.5 Å². The van der Waals surface area contributed by atoms with Crippen molar-refractivity contribution in [3.63, 3.8) is 0 Å². The summed E-state index contributed by atoms with van der Waals surface area (Å²) in [4.78, 5) is 18.5. The first-order valence-electron chi connectivity index (χ1n) is 9.63. The van der Waals surface area contributed by atoms with Crippen LogP contribution in [0.2, 0.25) is 0 Å².